The van der Waals surface area contributed by atoms with Crippen molar-refractivity contribution < 1.29 is 23.7 Å². The van der Waals surface area contributed by atoms with E-state index >= 15 is 0 Å². The molecule has 1 unspecified atom stereocenters. The van der Waals surface area contributed by atoms with Crippen molar-refractivity contribution in [2.75, 3.05) is 13.2 Å². The van der Waals surface area contributed by atoms with Crippen molar-refractivity contribution in [2.45, 2.75) is 32.0 Å². The summed E-state index contributed by atoms with van der Waals surface area (Å²) in [7, 11) is 0. The standard InChI is InChI=1S/C19H19Cl2NO5/c1-12(19(23)25-11-16-3-2-8-24-16)26-14-4-6-15(7-5-14)27-18-17(21)9-13(20)10-22-18/h4-7,9-10,12,16H,2-3,8,11H2,1H3/t12-,16?/m1/s1. The number of nitrogens with zero attached hydrogens (tertiary/aromatic N) is 1. The first-order valence-electron chi connectivity index (χ1n) is 8.55. The fourth-order valence-corrected chi connectivity index (χ4v) is 2.91. The molecule has 2 heterocycles. The number of carbonyl (C=O) groups is 1. The van der Waals surface area contributed by atoms with Crippen molar-refractivity contribution in [1.29, 1.82) is 0 Å². The van der Waals surface area contributed by atoms with Crippen LogP contribution in [-0.2, 0) is 14.3 Å². The van der Waals surface area contributed by atoms with Gasteiger partial charge in [0.1, 0.15) is 23.1 Å². The van der Waals surface area contributed by atoms with Crippen LogP contribution in [0.2, 0.25) is 10.0 Å². The van der Waals surface area contributed by atoms with Crippen molar-refractivity contribution in [3.8, 4) is 17.4 Å². The highest BCUT2D eigenvalue weighted by molar-refractivity contribution is 6.35. The van der Waals surface area contributed by atoms with E-state index in [9.17, 15) is 4.79 Å². The molecule has 1 saturated heterocycles. The Balaban J connectivity index is 1.51. The normalized spacial score (nSPS) is 17.4. The first kappa shape index (κ1) is 19.7. The van der Waals surface area contributed by atoms with E-state index in [1.165, 1.54) is 6.20 Å². The lowest BCUT2D eigenvalue weighted by Crippen LogP contribution is -2.29. The van der Waals surface area contributed by atoms with Crippen LogP contribution in [0.1, 0.15) is 19.8 Å². The van der Waals surface area contributed by atoms with Crippen LogP contribution >= 0.6 is 23.2 Å². The summed E-state index contributed by atoms with van der Waals surface area (Å²) >= 11 is 11.8. The van der Waals surface area contributed by atoms with Crippen LogP contribution in [-0.4, -0.2) is 36.4 Å². The summed E-state index contributed by atoms with van der Waals surface area (Å²) in [6.45, 7) is 2.62. The van der Waals surface area contributed by atoms with Gasteiger partial charge in [-0.05, 0) is 50.1 Å². The second-order valence-corrected chi connectivity index (χ2v) is 6.88. The molecule has 0 spiro atoms. The van der Waals surface area contributed by atoms with E-state index in [0.29, 0.717) is 21.5 Å². The fourth-order valence-electron chi connectivity index (χ4n) is 2.50. The summed E-state index contributed by atoms with van der Waals surface area (Å²) < 4.78 is 21.9. The molecule has 2 atom stereocenters. The molecule has 2 aromatic rings. The van der Waals surface area contributed by atoms with Gasteiger partial charge >= 0.3 is 5.97 Å². The third-order valence-corrected chi connectivity index (χ3v) is 4.37. The van der Waals surface area contributed by atoms with Crippen molar-refractivity contribution in [1.82, 2.24) is 4.98 Å². The number of aromatic nitrogens is 1. The lowest BCUT2D eigenvalue weighted by Gasteiger charge is -2.16. The van der Waals surface area contributed by atoms with Gasteiger partial charge in [-0.15, -0.1) is 0 Å². The lowest BCUT2D eigenvalue weighted by atomic mass is 10.2. The van der Waals surface area contributed by atoms with Gasteiger partial charge in [-0.1, -0.05) is 23.2 Å². The minimum Gasteiger partial charge on any atom is -0.479 e. The second-order valence-electron chi connectivity index (χ2n) is 6.04. The van der Waals surface area contributed by atoms with Crippen LogP contribution < -0.4 is 9.47 Å². The summed E-state index contributed by atoms with van der Waals surface area (Å²) in [5.74, 6) is 0.857. The number of hydrogen-bond acceptors (Lipinski definition) is 6. The van der Waals surface area contributed by atoms with E-state index in [4.69, 9.17) is 42.1 Å². The molecule has 8 heteroatoms. The molecule has 1 aromatic heterocycles. The van der Waals surface area contributed by atoms with Crippen LogP contribution in [0.3, 0.4) is 0 Å². The van der Waals surface area contributed by atoms with Gasteiger partial charge in [0, 0.05) is 12.8 Å². The molecular weight excluding hydrogens is 393 g/mol. The van der Waals surface area contributed by atoms with E-state index in [2.05, 4.69) is 4.98 Å². The Kier molecular flexibility index (Phi) is 6.77. The maximum Gasteiger partial charge on any atom is 0.347 e. The van der Waals surface area contributed by atoms with Gasteiger partial charge in [0.15, 0.2) is 6.10 Å². The zero-order valence-electron chi connectivity index (χ0n) is 14.7. The van der Waals surface area contributed by atoms with Gasteiger partial charge in [0.05, 0.1) is 11.1 Å². The van der Waals surface area contributed by atoms with Crippen LogP contribution in [0.5, 0.6) is 17.4 Å². The molecule has 0 bridgehead atoms. The molecule has 144 valence electrons. The van der Waals surface area contributed by atoms with Gasteiger partial charge in [0.2, 0.25) is 5.88 Å². The van der Waals surface area contributed by atoms with Gasteiger partial charge in [0.25, 0.3) is 0 Å². The Bertz CT molecular complexity index is 778. The molecular formula is C19H19Cl2NO5. The van der Waals surface area contributed by atoms with Crippen molar-refractivity contribution in [2.24, 2.45) is 0 Å². The highest BCUT2D eigenvalue weighted by Crippen LogP contribution is 2.30. The van der Waals surface area contributed by atoms with E-state index in [0.717, 1.165) is 19.4 Å². The number of carbonyl (C=O) groups excluding carboxylic acids is 1. The van der Waals surface area contributed by atoms with Crippen molar-refractivity contribution in [3.63, 3.8) is 0 Å². The van der Waals surface area contributed by atoms with Gasteiger partial charge in [-0.2, -0.15) is 0 Å². The quantitative estimate of drug-likeness (QED) is 0.616. The molecule has 0 radical (unpaired) electrons. The van der Waals surface area contributed by atoms with E-state index in [-0.39, 0.29) is 18.6 Å². The maximum atomic E-state index is 12.0. The summed E-state index contributed by atoms with van der Waals surface area (Å²) in [5, 5.41) is 0.738. The molecule has 0 amide bonds. The minimum absolute atomic E-state index is 0.00844. The molecule has 1 aliphatic heterocycles. The number of rotatable bonds is 7. The monoisotopic (exact) mass is 411 g/mol. The molecule has 0 N–H and O–H groups in total. The first-order valence-corrected chi connectivity index (χ1v) is 9.30. The lowest BCUT2D eigenvalue weighted by molar-refractivity contribution is -0.154. The van der Waals surface area contributed by atoms with Crippen LogP contribution in [0.25, 0.3) is 0 Å². The molecule has 1 aromatic carbocycles. The largest absolute Gasteiger partial charge is 0.479 e. The van der Waals surface area contributed by atoms with Crippen LogP contribution in [0.4, 0.5) is 0 Å². The molecule has 27 heavy (non-hydrogen) atoms. The predicted molar refractivity (Wildman–Crippen MR) is 101 cm³/mol. The number of pyridine rings is 1. The number of hydrogen-bond donors (Lipinski definition) is 0. The van der Waals surface area contributed by atoms with Crippen molar-refractivity contribution >= 4 is 29.2 Å². The highest BCUT2D eigenvalue weighted by Gasteiger charge is 2.21. The zero-order chi connectivity index (χ0) is 19.2. The average molecular weight is 412 g/mol. The summed E-state index contributed by atoms with van der Waals surface area (Å²) in [6, 6.07) is 8.29. The summed E-state index contributed by atoms with van der Waals surface area (Å²) in [6.07, 6.45) is 2.62. The topological polar surface area (TPSA) is 66.9 Å². The first-order chi connectivity index (χ1) is 13.0. The summed E-state index contributed by atoms with van der Waals surface area (Å²) in [5.41, 5.74) is 0. The third-order valence-electron chi connectivity index (χ3n) is 3.89. The van der Waals surface area contributed by atoms with Crippen LogP contribution in [0.15, 0.2) is 36.5 Å². The third kappa shape index (κ3) is 5.73. The smallest absolute Gasteiger partial charge is 0.347 e. The molecule has 1 fully saturated rings. The Labute approximate surface area is 167 Å². The second kappa shape index (κ2) is 9.26. The Hall–Kier alpha value is -2.02. The summed E-state index contributed by atoms with van der Waals surface area (Å²) in [4.78, 5) is 16.0. The number of esters is 1. The van der Waals surface area contributed by atoms with E-state index in [1.54, 1.807) is 37.3 Å². The molecule has 0 aliphatic carbocycles. The Morgan fingerprint density at radius 1 is 1.30 bits per heavy atom. The Morgan fingerprint density at radius 2 is 2.04 bits per heavy atom. The van der Waals surface area contributed by atoms with Gasteiger partial charge in [-0.25, -0.2) is 9.78 Å². The Morgan fingerprint density at radius 3 is 2.70 bits per heavy atom. The van der Waals surface area contributed by atoms with Gasteiger partial charge in [-0.3, -0.25) is 0 Å². The zero-order valence-corrected chi connectivity index (χ0v) is 16.2. The maximum absolute atomic E-state index is 12.0. The average Bonchev–Trinajstić information content (AvgIpc) is 3.17. The molecule has 0 saturated carbocycles. The minimum atomic E-state index is -0.731. The number of benzene rings is 1. The van der Waals surface area contributed by atoms with Gasteiger partial charge < -0.3 is 18.9 Å². The van der Waals surface area contributed by atoms with Crippen LogP contribution in [0, 0.1) is 0 Å². The fraction of sp³-hybridized carbons (Fsp3) is 0.368. The van der Waals surface area contributed by atoms with E-state index in [1.807, 2.05) is 0 Å². The predicted octanol–water partition coefficient (Wildman–Crippen LogP) is 4.67. The van der Waals surface area contributed by atoms with E-state index < -0.39 is 12.1 Å². The molecule has 6 nitrogen and oxygen atoms in total. The molecule has 1 aliphatic rings. The van der Waals surface area contributed by atoms with Crippen molar-refractivity contribution in [3.05, 3.63) is 46.6 Å². The number of ether oxygens (including phenoxy) is 4. The number of halogens is 2. The molecule has 3 rings (SSSR count). The highest BCUT2D eigenvalue weighted by atomic mass is 35.5. The SMILES string of the molecule is C[C@@H](Oc1ccc(Oc2ncc(Cl)cc2Cl)cc1)C(=O)OCC1CCCO1.